The van der Waals surface area contributed by atoms with Crippen LogP contribution in [0.25, 0.3) is 11.3 Å². The summed E-state index contributed by atoms with van der Waals surface area (Å²) < 4.78 is 5.49. The van der Waals surface area contributed by atoms with E-state index in [1.165, 1.54) is 5.56 Å². The number of hydrogen-bond donors (Lipinski definition) is 2. The average Bonchev–Trinajstić information content (AvgIpc) is 2.96. The monoisotopic (exact) mass is 247 g/mol. The van der Waals surface area contributed by atoms with Gasteiger partial charge in [-0.25, -0.2) is 4.98 Å². The van der Waals surface area contributed by atoms with Gasteiger partial charge in [0.15, 0.2) is 0 Å². The molecule has 1 aromatic heterocycles. The van der Waals surface area contributed by atoms with Gasteiger partial charge >= 0.3 is 0 Å². The number of nitrogens with one attached hydrogen (secondary N) is 1. The molecule has 3 N–H and O–H groups in total. The molecule has 1 aliphatic rings. The van der Waals surface area contributed by atoms with Crippen LogP contribution < -0.4 is 16.0 Å². The first-order chi connectivity index (χ1) is 8.36. The molecule has 0 spiro atoms. The highest BCUT2D eigenvalue weighted by molar-refractivity contribution is 7.09. The van der Waals surface area contributed by atoms with Crippen LogP contribution in [0.1, 0.15) is 10.6 Å². The molecule has 17 heavy (non-hydrogen) atoms. The summed E-state index contributed by atoms with van der Waals surface area (Å²) in [6.45, 7) is 1.40. The Morgan fingerprint density at radius 2 is 2.41 bits per heavy atom. The smallest absolute Gasteiger partial charge is 0.122 e. The molecule has 1 aliphatic heterocycles. The molecule has 0 fully saturated rings. The van der Waals surface area contributed by atoms with Crippen LogP contribution in [0, 0.1) is 0 Å². The van der Waals surface area contributed by atoms with Crippen molar-refractivity contribution in [3.8, 4) is 17.0 Å². The average molecular weight is 247 g/mol. The fourth-order valence-corrected chi connectivity index (χ4v) is 2.71. The zero-order chi connectivity index (χ0) is 11.7. The molecule has 0 aliphatic carbocycles. The molecule has 0 saturated carbocycles. The van der Waals surface area contributed by atoms with Crippen molar-refractivity contribution in [3.05, 3.63) is 34.2 Å². The summed E-state index contributed by atoms with van der Waals surface area (Å²) in [5.41, 5.74) is 6.05. The summed E-state index contributed by atoms with van der Waals surface area (Å²) in [5, 5.41) is 3.06. The van der Waals surface area contributed by atoms with Crippen molar-refractivity contribution >= 4 is 11.3 Å². The summed E-state index contributed by atoms with van der Waals surface area (Å²) >= 11 is 1.62. The maximum Gasteiger partial charge on any atom is 0.122 e. The summed E-state index contributed by atoms with van der Waals surface area (Å²) in [5.74, 6) is 6.29. The molecule has 4 nitrogen and oxygen atoms in total. The van der Waals surface area contributed by atoms with Gasteiger partial charge in [0.05, 0.1) is 18.8 Å². The third kappa shape index (κ3) is 2.04. The minimum Gasteiger partial charge on any atom is -0.493 e. The fraction of sp³-hybridized carbons (Fsp3) is 0.250. The predicted molar refractivity (Wildman–Crippen MR) is 67.8 cm³/mol. The van der Waals surface area contributed by atoms with Crippen LogP contribution in [0.3, 0.4) is 0 Å². The second kappa shape index (κ2) is 4.44. The Balaban J connectivity index is 1.92. The number of fused-ring (bicyclic) bond motifs is 1. The third-order valence-electron chi connectivity index (χ3n) is 2.79. The van der Waals surface area contributed by atoms with E-state index in [4.69, 9.17) is 10.6 Å². The van der Waals surface area contributed by atoms with Crippen molar-refractivity contribution < 1.29 is 4.74 Å². The van der Waals surface area contributed by atoms with Gasteiger partial charge in [-0.1, -0.05) is 0 Å². The Kier molecular flexibility index (Phi) is 2.80. The van der Waals surface area contributed by atoms with E-state index in [2.05, 4.69) is 27.9 Å². The molecule has 5 heteroatoms. The number of thiazole rings is 1. The second-order valence-electron chi connectivity index (χ2n) is 3.93. The van der Waals surface area contributed by atoms with Crippen molar-refractivity contribution in [3.63, 3.8) is 0 Å². The summed E-state index contributed by atoms with van der Waals surface area (Å²) in [4.78, 5) is 4.53. The Bertz CT molecular complexity index is 538. The van der Waals surface area contributed by atoms with Gasteiger partial charge in [-0.15, -0.1) is 11.3 Å². The van der Waals surface area contributed by atoms with Crippen molar-refractivity contribution in [1.29, 1.82) is 0 Å². The zero-order valence-electron chi connectivity index (χ0n) is 9.27. The largest absolute Gasteiger partial charge is 0.493 e. The molecule has 0 unspecified atom stereocenters. The Labute approximate surface area is 103 Å². The van der Waals surface area contributed by atoms with Gasteiger partial charge in [0.25, 0.3) is 0 Å². The Morgan fingerprint density at radius 3 is 3.29 bits per heavy atom. The first kappa shape index (κ1) is 10.7. The minimum absolute atomic E-state index is 0.610. The normalized spacial score (nSPS) is 13.5. The number of nitrogens with two attached hydrogens (primary N) is 1. The Hall–Kier alpha value is -1.43. The van der Waals surface area contributed by atoms with E-state index in [1.807, 2.05) is 6.07 Å². The number of hydrogen-bond acceptors (Lipinski definition) is 5. The number of ether oxygens (including phenoxy) is 1. The summed E-state index contributed by atoms with van der Waals surface area (Å²) in [6.07, 6.45) is 0.991. The molecule has 0 radical (unpaired) electrons. The molecular weight excluding hydrogens is 234 g/mol. The van der Waals surface area contributed by atoms with Gasteiger partial charge in [0, 0.05) is 17.4 Å². The number of benzene rings is 1. The predicted octanol–water partition coefficient (Wildman–Crippen LogP) is 1.71. The second-order valence-corrected chi connectivity index (χ2v) is 4.87. The lowest BCUT2D eigenvalue weighted by atomic mass is 10.1. The highest BCUT2D eigenvalue weighted by Gasteiger charge is 2.13. The van der Waals surface area contributed by atoms with Gasteiger partial charge in [-0.3, -0.25) is 11.3 Å². The van der Waals surface area contributed by atoms with Crippen molar-refractivity contribution in [1.82, 2.24) is 10.4 Å². The molecule has 88 valence electrons. The third-order valence-corrected chi connectivity index (χ3v) is 3.64. The summed E-state index contributed by atoms with van der Waals surface area (Å²) in [6, 6.07) is 6.24. The fourth-order valence-electron chi connectivity index (χ4n) is 1.96. The summed E-state index contributed by atoms with van der Waals surface area (Å²) in [7, 11) is 0. The van der Waals surface area contributed by atoms with Crippen LogP contribution in [-0.4, -0.2) is 11.6 Å². The van der Waals surface area contributed by atoms with Gasteiger partial charge < -0.3 is 4.74 Å². The van der Waals surface area contributed by atoms with Crippen LogP contribution in [0.2, 0.25) is 0 Å². The molecule has 0 bridgehead atoms. The maximum atomic E-state index is 5.49. The zero-order valence-corrected chi connectivity index (χ0v) is 10.1. The molecule has 0 amide bonds. The molecule has 0 saturated heterocycles. The van der Waals surface area contributed by atoms with Gasteiger partial charge in [-0.2, -0.15) is 0 Å². The first-order valence-electron chi connectivity index (χ1n) is 5.51. The molecule has 2 heterocycles. The quantitative estimate of drug-likeness (QED) is 0.640. The van der Waals surface area contributed by atoms with Crippen LogP contribution >= 0.6 is 11.3 Å². The van der Waals surface area contributed by atoms with Crippen molar-refractivity contribution in [2.45, 2.75) is 13.0 Å². The van der Waals surface area contributed by atoms with Crippen molar-refractivity contribution in [2.75, 3.05) is 6.61 Å². The number of nitrogens with zero attached hydrogens (tertiary/aromatic N) is 1. The molecule has 1 aromatic carbocycles. The lowest BCUT2D eigenvalue weighted by molar-refractivity contribution is 0.357. The highest BCUT2D eigenvalue weighted by Crippen LogP contribution is 2.30. The number of rotatable bonds is 3. The molecule has 2 aromatic rings. The van der Waals surface area contributed by atoms with E-state index >= 15 is 0 Å². The highest BCUT2D eigenvalue weighted by atomic mass is 32.1. The van der Waals surface area contributed by atoms with Crippen LogP contribution in [0.4, 0.5) is 0 Å². The van der Waals surface area contributed by atoms with Crippen LogP contribution in [0.5, 0.6) is 5.75 Å². The van der Waals surface area contributed by atoms with E-state index in [9.17, 15) is 0 Å². The van der Waals surface area contributed by atoms with E-state index in [1.54, 1.807) is 11.3 Å². The van der Waals surface area contributed by atoms with Crippen LogP contribution in [0.15, 0.2) is 23.6 Å². The molecule has 0 atom stereocenters. The molecular formula is C12H13N3OS. The lowest BCUT2D eigenvalue weighted by Gasteiger charge is -2.01. The van der Waals surface area contributed by atoms with E-state index in [-0.39, 0.29) is 0 Å². The minimum atomic E-state index is 0.610. The lowest BCUT2D eigenvalue weighted by Crippen LogP contribution is -2.20. The van der Waals surface area contributed by atoms with Gasteiger partial charge in [-0.05, 0) is 23.8 Å². The van der Waals surface area contributed by atoms with Crippen molar-refractivity contribution in [2.24, 2.45) is 5.84 Å². The first-order valence-corrected chi connectivity index (χ1v) is 6.39. The standard InChI is InChI=1S/C12H13N3OS/c13-14-6-12-15-10(7-17-12)8-1-2-11-9(5-8)3-4-16-11/h1-2,5,7,14H,3-4,6,13H2. The van der Waals surface area contributed by atoms with E-state index in [0.717, 1.165) is 35.0 Å². The molecule has 3 rings (SSSR count). The topological polar surface area (TPSA) is 60.2 Å². The van der Waals surface area contributed by atoms with E-state index in [0.29, 0.717) is 6.54 Å². The Morgan fingerprint density at radius 1 is 1.47 bits per heavy atom. The van der Waals surface area contributed by atoms with E-state index < -0.39 is 0 Å². The maximum absolute atomic E-state index is 5.49. The van der Waals surface area contributed by atoms with Crippen LogP contribution in [-0.2, 0) is 13.0 Å². The SMILES string of the molecule is NNCc1nc(-c2ccc3c(c2)CCO3)cs1. The van der Waals surface area contributed by atoms with Gasteiger partial charge in [0.2, 0.25) is 0 Å². The number of aromatic nitrogens is 1. The van der Waals surface area contributed by atoms with Gasteiger partial charge in [0.1, 0.15) is 10.8 Å². The number of hydrazine groups is 1.